The van der Waals surface area contributed by atoms with E-state index >= 15 is 0 Å². The third-order valence-electron chi connectivity index (χ3n) is 3.94. The van der Waals surface area contributed by atoms with Crippen LogP contribution in [0.15, 0.2) is 24.3 Å². The first-order chi connectivity index (χ1) is 9.78. The van der Waals surface area contributed by atoms with Gasteiger partial charge in [0.15, 0.2) is 0 Å². The van der Waals surface area contributed by atoms with Gasteiger partial charge in [-0.15, -0.1) is 0 Å². The molecule has 3 heteroatoms. The molecular formula is C17H27NO2. The lowest BCUT2D eigenvalue weighted by molar-refractivity contribution is 0.220. The molecule has 1 aromatic carbocycles. The predicted octanol–water partition coefficient (Wildman–Crippen LogP) is 3.76. The monoisotopic (exact) mass is 277 g/mol. The van der Waals surface area contributed by atoms with E-state index in [1.54, 1.807) is 0 Å². The van der Waals surface area contributed by atoms with Gasteiger partial charge in [-0.3, -0.25) is 0 Å². The second-order valence-corrected chi connectivity index (χ2v) is 5.81. The maximum absolute atomic E-state index is 5.95. The molecule has 0 aromatic heterocycles. The second kappa shape index (κ2) is 8.15. The van der Waals surface area contributed by atoms with Crippen LogP contribution in [0.2, 0.25) is 0 Å². The van der Waals surface area contributed by atoms with Gasteiger partial charge in [-0.1, -0.05) is 31.7 Å². The van der Waals surface area contributed by atoms with Gasteiger partial charge in [-0.25, -0.2) is 0 Å². The Morgan fingerprint density at radius 2 is 1.85 bits per heavy atom. The summed E-state index contributed by atoms with van der Waals surface area (Å²) >= 11 is 0. The highest BCUT2D eigenvalue weighted by Gasteiger charge is 2.13. The molecule has 1 aromatic rings. The number of rotatable bonds is 6. The lowest BCUT2D eigenvalue weighted by atomic mass is 10.0. The molecule has 112 valence electrons. The quantitative estimate of drug-likeness (QED) is 0.805. The Labute approximate surface area is 122 Å². The van der Waals surface area contributed by atoms with Gasteiger partial charge in [0.1, 0.15) is 17.6 Å². The van der Waals surface area contributed by atoms with Crippen molar-refractivity contribution in [1.82, 2.24) is 0 Å². The second-order valence-electron chi connectivity index (χ2n) is 5.81. The Morgan fingerprint density at radius 1 is 1.15 bits per heavy atom. The van der Waals surface area contributed by atoms with E-state index in [0.29, 0.717) is 12.5 Å². The van der Waals surface area contributed by atoms with Crippen LogP contribution >= 0.6 is 0 Å². The number of nitrogens with two attached hydrogens (primary N) is 1. The molecule has 0 aliphatic heterocycles. The molecule has 1 aliphatic rings. The van der Waals surface area contributed by atoms with Crippen molar-refractivity contribution in [2.45, 2.75) is 51.6 Å². The van der Waals surface area contributed by atoms with E-state index < -0.39 is 0 Å². The van der Waals surface area contributed by atoms with Crippen molar-refractivity contribution < 1.29 is 9.47 Å². The molecule has 1 saturated carbocycles. The minimum absolute atomic E-state index is 0.0344. The molecule has 1 atom stereocenters. The van der Waals surface area contributed by atoms with Gasteiger partial charge in [0.05, 0.1) is 6.61 Å². The van der Waals surface area contributed by atoms with Gasteiger partial charge in [0.25, 0.3) is 0 Å². The number of hydrogen-bond donors (Lipinski definition) is 1. The van der Waals surface area contributed by atoms with E-state index in [-0.39, 0.29) is 6.10 Å². The zero-order chi connectivity index (χ0) is 14.2. The lowest BCUT2D eigenvalue weighted by Gasteiger charge is -2.16. The van der Waals surface area contributed by atoms with Crippen LogP contribution in [0.25, 0.3) is 0 Å². The Kier molecular flexibility index (Phi) is 6.19. The molecule has 0 bridgehead atoms. The van der Waals surface area contributed by atoms with Gasteiger partial charge in [-0.2, -0.15) is 0 Å². The minimum Gasteiger partial charge on any atom is -0.493 e. The molecule has 0 radical (unpaired) electrons. The number of benzene rings is 1. The summed E-state index contributed by atoms with van der Waals surface area (Å²) < 4.78 is 11.7. The highest BCUT2D eigenvalue weighted by atomic mass is 16.5. The fourth-order valence-corrected chi connectivity index (χ4v) is 2.66. The summed E-state index contributed by atoms with van der Waals surface area (Å²) in [6.07, 6.45) is 8.12. The van der Waals surface area contributed by atoms with Gasteiger partial charge >= 0.3 is 0 Å². The summed E-state index contributed by atoms with van der Waals surface area (Å²) in [4.78, 5) is 0. The Hall–Kier alpha value is -1.22. The van der Waals surface area contributed by atoms with E-state index in [2.05, 4.69) is 0 Å². The van der Waals surface area contributed by atoms with Crippen molar-refractivity contribution in [3.8, 4) is 11.5 Å². The molecule has 1 fully saturated rings. The van der Waals surface area contributed by atoms with E-state index in [4.69, 9.17) is 15.2 Å². The smallest absolute Gasteiger partial charge is 0.123 e. The fraction of sp³-hybridized carbons (Fsp3) is 0.647. The first kappa shape index (κ1) is 15.2. The Morgan fingerprint density at radius 3 is 2.55 bits per heavy atom. The van der Waals surface area contributed by atoms with Crippen LogP contribution in [0.4, 0.5) is 0 Å². The topological polar surface area (TPSA) is 44.5 Å². The molecule has 0 saturated heterocycles. The van der Waals surface area contributed by atoms with Gasteiger partial charge < -0.3 is 15.2 Å². The highest BCUT2D eigenvalue weighted by Crippen LogP contribution is 2.25. The predicted molar refractivity (Wildman–Crippen MR) is 82.3 cm³/mol. The standard InChI is InChI=1S/C17H27NO2/c1-14(12-18)20-17-10-6-9-16(11-17)19-13-15-7-4-2-3-5-8-15/h6,9-11,14-15H,2-5,7-8,12-13,18H2,1H3/t14-/m1/s1. The largest absolute Gasteiger partial charge is 0.493 e. The van der Waals surface area contributed by atoms with Crippen LogP contribution in [0.1, 0.15) is 45.4 Å². The van der Waals surface area contributed by atoms with Crippen LogP contribution in [-0.4, -0.2) is 19.3 Å². The normalized spacial score (nSPS) is 18.3. The summed E-state index contributed by atoms with van der Waals surface area (Å²) in [5.74, 6) is 2.45. The molecule has 20 heavy (non-hydrogen) atoms. The lowest BCUT2D eigenvalue weighted by Crippen LogP contribution is -2.22. The third-order valence-corrected chi connectivity index (χ3v) is 3.94. The fourth-order valence-electron chi connectivity index (χ4n) is 2.66. The summed E-state index contributed by atoms with van der Waals surface area (Å²) in [5.41, 5.74) is 5.57. The van der Waals surface area contributed by atoms with Crippen molar-refractivity contribution in [2.24, 2.45) is 11.7 Å². The molecule has 3 nitrogen and oxygen atoms in total. The maximum atomic E-state index is 5.95. The van der Waals surface area contributed by atoms with Crippen molar-refractivity contribution >= 4 is 0 Å². The summed E-state index contributed by atoms with van der Waals surface area (Å²) in [7, 11) is 0. The molecule has 0 heterocycles. The van der Waals surface area contributed by atoms with Crippen LogP contribution in [0, 0.1) is 5.92 Å². The zero-order valence-electron chi connectivity index (χ0n) is 12.5. The van der Waals surface area contributed by atoms with Gasteiger partial charge in [-0.05, 0) is 37.8 Å². The van der Waals surface area contributed by atoms with E-state index in [1.807, 2.05) is 31.2 Å². The maximum Gasteiger partial charge on any atom is 0.123 e. The van der Waals surface area contributed by atoms with Crippen molar-refractivity contribution in [3.63, 3.8) is 0 Å². The van der Waals surface area contributed by atoms with Gasteiger partial charge in [0, 0.05) is 12.6 Å². The summed E-state index contributed by atoms with van der Waals surface area (Å²) in [6, 6.07) is 7.88. The summed E-state index contributed by atoms with van der Waals surface area (Å²) in [5, 5.41) is 0. The summed E-state index contributed by atoms with van der Waals surface area (Å²) in [6.45, 7) is 3.32. The molecule has 2 N–H and O–H groups in total. The van der Waals surface area contributed by atoms with E-state index in [9.17, 15) is 0 Å². The van der Waals surface area contributed by atoms with Gasteiger partial charge in [0.2, 0.25) is 0 Å². The van der Waals surface area contributed by atoms with Crippen molar-refractivity contribution in [1.29, 1.82) is 0 Å². The van der Waals surface area contributed by atoms with Crippen LogP contribution in [0.3, 0.4) is 0 Å². The van der Waals surface area contributed by atoms with E-state index in [1.165, 1.54) is 38.5 Å². The Balaban J connectivity index is 1.84. The molecule has 0 amide bonds. The first-order valence-electron chi connectivity index (χ1n) is 7.87. The molecule has 0 unspecified atom stereocenters. The van der Waals surface area contributed by atoms with Crippen molar-refractivity contribution in [2.75, 3.05) is 13.2 Å². The molecule has 0 spiro atoms. The Bertz CT molecular complexity index is 386. The SMILES string of the molecule is C[C@H](CN)Oc1cccc(OCC2CCCCCC2)c1. The number of hydrogen-bond acceptors (Lipinski definition) is 3. The van der Waals surface area contributed by atoms with Crippen LogP contribution in [0.5, 0.6) is 11.5 Å². The van der Waals surface area contributed by atoms with E-state index in [0.717, 1.165) is 18.1 Å². The third kappa shape index (κ3) is 5.04. The minimum atomic E-state index is 0.0344. The zero-order valence-corrected chi connectivity index (χ0v) is 12.5. The average Bonchev–Trinajstić information content (AvgIpc) is 2.74. The highest BCUT2D eigenvalue weighted by molar-refractivity contribution is 5.33. The first-order valence-corrected chi connectivity index (χ1v) is 7.87. The average molecular weight is 277 g/mol. The van der Waals surface area contributed by atoms with Crippen LogP contribution < -0.4 is 15.2 Å². The van der Waals surface area contributed by atoms with Crippen molar-refractivity contribution in [3.05, 3.63) is 24.3 Å². The number of ether oxygens (including phenoxy) is 2. The molecule has 1 aliphatic carbocycles. The molecular weight excluding hydrogens is 250 g/mol. The van der Waals surface area contributed by atoms with Crippen LogP contribution in [-0.2, 0) is 0 Å². The molecule has 2 rings (SSSR count).